The molecule has 9 nitrogen and oxygen atoms in total. The molecule has 1 saturated heterocycles. The number of piperidine rings is 1. The Bertz CT molecular complexity index is 1200. The van der Waals surface area contributed by atoms with Crippen molar-refractivity contribution >= 4 is 33.5 Å². The molecule has 0 radical (unpaired) electrons. The number of nitrogens with zero attached hydrogens (tertiary/aromatic N) is 3. The van der Waals surface area contributed by atoms with Crippen LogP contribution in [0.15, 0.2) is 57.8 Å². The van der Waals surface area contributed by atoms with Crippen LogP contribution < -0.4 is 10.1 Å². The normalized spacial score (nSPS) is 15.3. The number of sulfonamides is 1. The van der Waals surface area contributed by atoms with Crippen LogP contribution in [0.25, 0.3) is 11.5 Å². The topological polar surface area (TPSA) is 115 Å². The van der Waals surface area contributed by atoms with Gasteiger partial charge < -0.3 is 9.15 Å². The predicted octanol–water partition coefficient (Wildman–Crippen LogP) is 3.83. The van der Waals surface area contributed by atoms with Crippen LogP contribution in [0.2, 0.25) is 5.02 Å². The molecule has 0 saturated carbocycles. The van der Waals surface area contributed by atoms with Crippen LogP contribution in [0.4, 0.5) is 6.01 Å². The first kappa shape index (κ1) is 23.2. The lowest BCUT2D eigenvalue weighted by Gasteiger charge is -2.30. The molecule has 3 aromatic rings. The molecule has 11 heteroatoms. The average molecular weight is 491 g/mol. The van der Waals surface area contributed by atoms with E-state index in [9.17, 15) is 13.2 Å². The third-order valence-electron chi connectivity index (χ3n) is 5.34. The second-order valence-corrected chi connectivity index (χ2v) is 9.87. The van der Waals surface area contributed by atoms with E-state index >= 15 is 0 Å². The fourth-order valence-corrected chi connectivity index (χ4v) is 5.17. The fraction of sp³-hybridized carbons (Fsp3) is 0.318. The highest BCUT2D eigenvalue weighted by atomic mass is 35.5. The van der Waals surface area contributed by atoms with Gasteiger partial charge in [-0.2, -0.15) is 4.31 Å². The summed E-state index contributed by atoms with van der Waals surface area (Å²) in [4.78, 5) is 12.8. The zero-order valence-electron chi connectivity index (χ0n) is 17.9. The van der Waals surface area contributed by atoms with E-state index in [-0.39, 0.29) is 41.7 Å². The van der Waals surface area contributed by atoms with Gasteiger partial charge in [0.15, 0.2) is 0 Å². The Hall–Kier alpha value is -2.95. The highest BCUT2D eigenvalue weighted by Crippen LogP contribution is 2.27. The quantitative estimate of drug-likeness (QED) is 0.535. The van der Waals surface area contributed by atoms with E-state index in [0.717, 1.165) is 0 Å². The second kappa shape index (κ2) is 9.90. The number of carbonyl (C=O) groups excluding carboxylic acids is 1. The Kier molecular flexibility index (Phi) is 6.96. The van der Waals surface area contributed by atoms with Crippen molar-refractivity contribution < 1.29 is 22.4 Å². The highest BCUT2D eigenvalue weighted by Gasteiger charge is 2.32. The summed E-state index contributed by atoms with van der Waals surface area (Å²) in [5, 5.41) is 11.0. The van der Waals surface area contributed by atoms with Crippen LogP contribution in [0.3, 0.4) is 0 Å². The van der Waals surface area contributed by atoms with Crippen molar-refractivity contribution in [1.29, 1.82) is 0 Å². The lowest BCUT2D eigenvalue weighted by molar-refractivity contribution is -0.121. The van der Waals surface area contributed by atoms with Crippen molar-refractivity contribution in [3.8, 4) is 17.2 Å². The zero-order chi connectivity index (χ0) is 23.4. The van der Waals surface area contributed by atoms with Gasteiger partial charge in [0.25, 0.3) is 0 Å². The molecule has 0 unspecified atom stereocenters. The molecule has 1 N–H and O–H groups in total. The summed E-state index contributed by atoms with van der Waals surface area (Å²) in [6, 6.07) is 13.2. The third-order valence-corrected chi connectivity index (χ3v) is 7.51. The Labute approximate surface area is 196 Å². The van der Waals surface area contributed by atoms with Gasteiger partial charge in [0, 0.05) is 29.6 Å². The summed E-state index contributed by atoms with van der Waals surface area (Å²) in [7, 11) is -3.64. The van der Waals surface area contributed by atoms with Gasteiger partial charge in [-0.05, 0) is 68.3 Å². The van der Waals surface area contributed by atoms with Crippen LogP contribution >= 0.6 is 11.6 Å². The fourth-order valence-electron chi connectivity index (χ4n) is 3.57. The van der Waals surface area contributed by atoms with Crippen molar-refractivity contribution in [2.45, 2.75) is 24.7 Å². The van der Waals surface area contributed by atoms with Gasteiger partial charge in [0.1, 0.15) is 5.75 Å². The molecule has 2 aromatic carbocycles. The number of rotatable bonds is 7. The highest BCUT2D eigenvalue weighted by molar-refractivity contribution is 7.89. The molecule has 1 aromatic heterocycles. The predicted molar refractivity (Wildman–Crippen MR) is 122 cm³/mol. The molecule has 0 bridgehead atoms. The number of halogens is 1. The largest absolute Gasteiger partial charge is 0.494 e. The lowest BCUT2D eigenvalue weighted by Crippen LogP contribution is -2.41. The summed E-state index contributed by atoms with van der Waals surface area (Å²) in [5.74, 6) is 0.243. The van der Waals surface area contributed by atoms with Gasteiger partial charge in [0.2, 0.25) is 21.8 Å². The lowest BCUT2D eigenvalue weighted by atomic mass is 9.97. The first-order valence-electron chi connectivity index (χ1n) is 10.5. The minimum Gasteiger partial charge on any atom is -0.494 e. The van der Waals surface area contributed by atoms with E-state index in [0.29, 0.717) is 35.8 Å². The number of hydrogen-bond acceptors (Lipinski definition) is 7. The van der Waals surface area contributed by atoms with E-state index in [1.807, 2.05) is 6.92 Å². The van der Waals surface area contributed by atoms with Gasteiger partial charge in [-0.15, -0.1) is 5.10 Å². The standard InChI is InChI=1S/C22H23ClN4O5S/c1-2-31-18-7-9-19(10-8-18)33(29,30)27-13-11-15(12-14-27)20(28)24-22-26-25-21(32-22)16-3-5-17(23)6-4-16/h3-10,15H,2,11-14H2,1H3,(H,24,26,28). The summed E-state index contributed by atoms with van der Waals surface area (Å²) < 4.78 is 38.1. The maximum Gasteiger partial charge on any atom is 0.322 e. The Morgan fingerprint density at radius 1 is 1.12 bits per heavy atom. The monoisotopic (exact) mass is 490 g/mol. The van der Waals surface area contributed by atoms with Crippen LogP contribution in [0.5, 0.6) is 5.75 Å². The van der Waals surface area contributed by atoms with Crippen molar-refractivity contribution in [2.24, 2.45) is 5.92 Å². The van der Waals surface area contributed by atoms with Crippen LogP contribution in [0.1, 0.15) is 19.8 Å². The van der Waals surface area contributed by atoms with E-state index in [1.165, 1.54) is 16.4 Å². The van der Waals surface area contributed by atoms with E-state index in [4.69, 9.17) is 20.8 Å². The summed E-state index contributed by atoms with van der Waals surface area (Å²) in [6.07, 6.45) is 0.778. The molecule has 0 aliphatic carbocycles. The molecule has 1 aliphatic rings. The van der Waals surface area contributed by atoms with Crippen molar-refractivity contribution in [1.82, 2.24) is 14.5 Å². The van der Waals surface area contributed by atoms with Crippen molar-refractivity contribution in [3.05, 3.63) is 53.6 Å². The summed E-state index contributed by atoms with van der Waals surface area (Å²) >= 11 is 5.88. The number of carbonyl (C=O) groups is 1. The average Bonchev–Trinajstić information content (AvgIpc) is 3.28. The van der Waals surface area contributed by atoms with Crippen LogP contribution in [-0.2, 0) is 14.8 Å². The minimum atomic E-state index is -3.64. The van der Waals surface area contributed by atoms with Gasteiger partial charge in [-0.1, -0.05) is 16.7 Å². The summed E-state index contributed by atoms with van der Waals surface area (Å²) in [6.45, 7) is 2.86. The molecule has 2 heterocycles. The molecule has 0 atom stereocenters. The number of aromatic nitrogens is 2. The van der Waals surface area contributed by atoms with Gasteiger partial charge >= 0.3 is 6.01 Å². The van der Waals surface area contributed by atoms with E-state index in [2.05, 4.69) is 15.5 Å². The summed E-state index contributed by atoms with van der Waals surface area (Å²) in [5.41, 5.74) is 0.681. The number of ether oxygens (including phenoxy) is 1. The molecule has 33 heavy (non-hydrogen) atoms. The first-order chi connectivity index (χ1) is 15.9. The molecule has 174 valence electrons. The number of nitrogens with one attached hydrogen (secondary N) is 1. The zero-order valence-corrected chi connectivity index (χ0v) is 19.5. The van der Waals surface area contributed by atoms with Gasteiger partial charge in [-0.25, -0.2) is 8.42 Å². The third kappa shape index (κ3) is 5.35. The Morgan fingerprint density at radius 2 is 1.79 bits per heavy atom. The molecule has 4 rings (SSSR count). The van der Waals surface area contributed by atoms with Crippen LogP contribution in [-0.4, -0.2) is 48.5 Å². The molecular formula is C22H23ClN4O5S. The molecule has 1 fully saturated rings. The van der Waals surface area contributed by atoms with Crippen LogP contribution in [0, 0.1) is 5.92 Å². The Balaban J connectivity index is 1.34. The number of benzene rings is 2. The molecule has 1 aliphatic heterocycles. The minimum absolute atomic E-state index is 0.00520. The molecule has 0 spiro atoms. The smallest absolute Gasteiger partial charge is 0.322 e. The second-order valence-electron chi connectivity index (χ2n) is 7.49. The van der Waals surface area contributed by atoms with Crippen molar-refractivity contribution in [3.63, 3.8) is 0 Å². The SMILES string of the molecule is CCOc1ccc(S(=O)(=O)N2CCC(C(=O)Nc3nnc(-c4ccc(Cl)cc4)o3)CC2)cc1. The maximum absolute atomic E-state index is 12.9. The number of hydrogen-bond donors (Lipinski definition) is 1. The van der Waals surface area contributed by atoms with Gasteiger partial charge in [0.05, 0.1) is 11.5 Å². The molecular weight excluding hydrogens is 468 g/mol. The van der Waals surface area contributed by atoms with Gasteiger partial charge in [-0.3, -0.25) is 10.1 Å². The Morgan fingerprint density at radius 3 is 2.42 bits per heavy atom. The number of anilines is 1. The van der Waals surface area contributed by atoms with Crippen molar-refractivity contribution in [2.75, 3.05) is 25.0 Å². The molecule has 1 amide bonds. The first-order valence-corrected chi connectivity index (χ1v) is 12.3. The maximum atomic E-state index is 12.9. The van der Waals surface area contributed by atoms with E-state index in [1.54, 1.807) is 36.4 Å². The number of amides is 1. The van der Waals surface area contributed by atoms with E-state index < -0.39 is 10.0 Å².